The molecule has 6 rings (SSSR count). The third kappa shape index (κ3) is 1.67. The van der Waals surface area contributed by atoms with E-state index in [0.717, 1.165) is 49.0 Å². The van der Waals surface area contributed by atoms with Crippen molar-refractivity contribution in [2.24, 2.45) is 29.4 Å². The summed E-state index contributed by atoms with van der Waals surface area (Å²) >= 11 is 0. The number of aryl methyl sites for hydroxylation is 1. The molecule has 20 heavy (non-hydrogen) atoms. The number of hydrogen-bond donors (Lipinski definition) is 1. The fourth-order valence-corrected chi connectivity index (χ4v) is 6.29. The zero-order chi connectivity index (χ0) is 13.3. The van der Waals surface area contributed by atoms with Crippen LogP contribution >= 0.6 is 0 Å². The van der Waals surface area contributed by atoms with Gasteiger partial charge in [0.1, 0.15) is 0 Å². The normalized spacial score (nSPS) is 45.6. The van der Waals surface area contributed by atoms with E-state index in [1.807, 2.05) is 0 Å². The monoisotopic (exact) mass is 270 g/mol. The summed E-state index contributed by atoms with van der Waals surface area (Å²) in [6, 6.07) is 2.91. The van der Waals surface area contributed by atoms with Crippen molar-refractivity contribution in [1.82, 2.24) is 4.57 Å². The summed E-state index contributed by atoms with van der Waals surface area (Å²) < 4.78 is 2.50. The predicted octanol–water partition coefficient (Wildman–Crippen LogP) is 3.30. The lowest BCUT2D eigenvalue weighted by Gasteiger charge is -2.54. The van der Waals surface area contributed by atoms with Crippen LogP contribution in [0.15, 0.2) is 12.3 Å². The Balaban J connectivity index is 1.48. The first-order valence-electron chi connectivity index (χ1n) is 8.71. The SMILES string of the molecule is NC1CCn2cc(C3C4CC5CC(C4)CC3C5)cc2C1. The number of nitrogens with two attached hydrogens (primary N) is 1. The molecule has 4 aliphatic carbocycles. The van der Waals surface area contributed by atoms with Crippen LogP contribution in [0.1, 0.15) is 55.7 Å². The fourth-order valence-electron chi connectivity index (χ4n) is 6.29. The number of nitrogens with zero attached hydrogens (tertiary/aromatic N) is 1. The molecule has 2 heterocycles. The lowest BCUT2D eigenvalue weighted by Crippen LogP contribution is -2.43. The molecule has 2 heteroatoms. The van der Waals surface area contributed by atoms with E-state index in [1.165, 1.54) is 31.4 Å². The van der Waals surface area contributed by atoms with Gasteiger partial charge in [-0.15, -0.1) is 0 Å². The average Bonchev–Trinajstić information content (AvgIpc) is 2.79. The first kappa shape index (κ1) is 11.9. The Morgan fingerprint density at radius 3 is 2.40 bits per heavy atom. The molecule has 108 valence electrons. The summed E-state index contributed by atoms with van der Waals surface area (Å²) in [6.45, 7) is 1.14. The predicted molar refractivity (Wildman–Crippen MR) is 80.5 cm³/mol. The van der Waals surface area contributed by atoms with E-state index < -0.39 is 0 Å². The van der Waals surface area contributed by atoms with Gasteiger partial charge in [0.2, 0.25) is 0 Å². The Bertz CT molecular complexity index is 502. The minimum atomic E-state index is 0.392. The van der Waals surface area contributed by atoms with Crippen LogP contribution in [0.4, 0.5) is 0 Å². The van der Waals surface area contributed by atoms with Crippen molar-refractivity contribution in [3.63, 3.8) is 0 Å². The van der Waals surface area contributed by atoms with Crippen molar-refractivity contribution in [3.8, 4) is 0 Å². The minimum absolute atomic E-state index is 0.392. The van der Waals surface area contributed by atoms with E-state index in [9.17, 15) is 0 Å². The van der Waals surface area contributed by atoms with E-state index in [1.54, 1.807) is 12.0 Å². The molecule has 2 N–H and O–H groups in total. The Morgan fingerprint density at radius 2 is 1.70 bits per heavy atom. The van der Waals surface area contributed by atoms with Crippen molar-refractivity contribution in [2.45, 2.75) is 63.5 Å². The van der Waals surface area contributed by atoms with E-state index in [2.05, 4.69) is 16.8 Å². The quantitative estimate of drug-likeness (QED) is 0.834. The summed E-state index contributed by atoms with van der Waals surface area (Å²) in [5, 5.41) is 0. The minimum Gasteiger partial charge on any atom is -0.351 e. The highest BCUT2D eigenvalue weighted by Gasteiger charge is 2.48. The van der Waals surface area contributed by atoms with Crippen LogP contribution in [-0.4, -0.2) is 10.6 Å². The molecule has 4 fully saturated rings. The van der Waals surface area contributed by atoms with Gasteiger partial charge in [0.15, 0.2) is 0 Å². The maximum Gasteiger partial charge on any atom is 0.0237 e. The molecule has 1 aromatic heterocycles. The molecule has 0 radical (unpaired) electrons. The van der Waals surface area contributed by atoms with Crippen LogP contribution in [0, 0.1) is 23.7 Å². The summed E-state index contributed by atoms with van der Waals surface area (Å²) in [5.74, 6) is 5.06. The summed E-state index contributed by atoms with van der Waals surface area (Å²) in [4.78, 5) is 0. The number of hydrogen-bond acceptors (Lipinski definition) is 1. The molecular formula is C18H26N2. The van der Waals surface area contributed by atoms with Gasteiger partial charge in [-0.25, -0.2) is 0 Å². The van der Waals surface area contributed by atoms with Gasteiger partial charge in [0.25, 0.3) is 0 Å². The highest BCUT2D eigenvalue weighted by Crippen LogP contribution is 2.59. The third-order valence-electron chi connectivity index (χ3n) is 6.83. The zero-order valence-electron chi connectivity index (χ0n) is 12.3. The van der Waals surface area contributed by atoms with Gasteiger partial charge in [-0.1, -0.05) is 0 Å². The van der Waals surface area contributed by atoms with Gasteiger partial charge in [0.05, 0.1) is 0 Å². The number of fused-ring (bicyclic) bond motifs is 1. The lowest BCUT2D eigenvalue weighted by molar-refractivity contribution is -0.00278. The van der Waals surface area contributed by atoms with Crippen molar-refractivity contribution in [1.29, 1.82) is 0 Å². The molecule has 1 aliphatic heterocycles. The van der Waals surface area contributed by atoms with Crippen LogP contribution in [0.25, 0.3) is 0 Å². The molecule has 1 aromatic rings. The van der Waals surface area contributed by atoms with Crippen LogP contribution < -0.4 is 5.73 Å². The van der Waals surface area contributed by atoms with Gasteiger partial charge in [-0.05, 0) is 79.7 Å². The summed E-state index contributed by atoms with van der Waals surface area (Å²) in [6.07, 6.45) is 12.4. The molecule has 5 aliphatic rings. The largest absolute Gasteiger partial charge is 0.351 e. The van der Waals surface area contributed by atoms with Gasteiger partial charge >= 0.3 is 0 Å². The van der Waals surface area contributed by atoms with Gasteiger partial charge < -0.3 is 10.3 Å². The number of rotatable bonds is 1. The molecule has 2 nitrogen and oxygen atoms in total. The molecule has 1 unspecified atom stereocenters. The van der Waals surface area contributed by atoms with E-state index in [4.69, 9.17) is 5.73 Å². The van der Waals surface area contributed by atoms with E-state index >= 15 is 0 Å². The zero-order valence-corrected chi connectivity index (χ0v) is 12.3. The second kappa shape index (κ2) is 4.13. The van der Waals surface area contributed by atoms with E-state index in [0.29, 0.717) is 6.04 Å². The summed E-state index contributed by atoms with van der Waals surface area (Å²) in [5.41, 5.74) is 9.32. The van der Waals surface area contributed by atoms with Crippen molar-refractivity contribution < 1.29 is 0 Å². The first-order valence-corrected chi connectivity index (χ1v) is 8.71. The highest BCUT2D eigenvalue weighted by atomic mass is 15.0. The smallest absolute Gasteiger partial charge is 0.0237 e. The average molecular weight is 270 g/mol. The lowest BCUT2D eigenvalue weighted by atomic mass is 9.51. The summed E-state index contributed by atoms with van der Waals surface area (Å²) in [7, 11) is 0. The van der Waals surface area contributed by atoms with Crippen LogP contribution in [0.5, 0.6) is 0 Å². The number of aromatic nitrogens is 1. The second-order valence-corrected chi connectivity index (χ2v) is 8.17. The maximum atomic E-state index is 6.14. The van der Waals surface area contributed by atoms with Gasteiger partial charge in [-0.3, -0.25) is 0 Å². The van der Waals surface area contributed by atoms with E-state index in [-0.39, 0.29) is 0 Å². The first-order chi connectivity index (χ1) is 9.76. The van der Waals surface area contributed by atoms with Crippen LogP contribution in [0.3, 0.4) is 0 Å². The standard InChI is InChI=1S/C18H26N2/c19-16-1-2-20-10-15(8-17(20)9-16)18-13-4-11-3-12(6-13)7-14(18)5-11/h8,10-14,16,18H,1-7,9,19H2. The van der Waals surface area contributed by atoms with Gasteiger partial charge in [0, 0.05) is 30.9 Å². The Morgan fingerprint density at radius 1 is 1.00 bits per heavy atom. The maximum absolute atomic E-state index is 6.14. The molecule has 0 amide bonds. The Kier molecular flexibility index (Phi) is 2.45. The molecule has 0 aromatic carbocycles. The molecule has 0 saturated heterocycles. The van der Waals surface area contributed by atoms with Crippen LogP contribution in [0.2, 0.25) is 0 Å². The Hall–Kier alpha value is -0.760. The topological polar surface area (TPSA) is 30.9 Å². The van der Waals surface area contributed by atoms with Crippen molar-refractivity contribution in [2.75, 3.05) is 0 Å². The molecule has 0 spiro atoms. The van der Waals surface area contributed by atoms with Crippen molar-refractivity contribution >= 4 is 0 Å². The Labute approximate surface area is 121 Å². The second-order valence-electron chi connectivity index (χ2n) is 8.17. The van der Waals surface area contributed by atoms with Gasteiger partial charge in [-0.2, -0.15) is 0 Å². The highest BCUT2D eigenvalue weighted by molar-refractivity contribution is 5.28. The molecule has 1 atom stereocenters. The third-order valence-corrected chi connectivity index (χ3v) is 6.83. The molecule has 4 saturated carbocycles. The molecular weight excluding hydrogens is 244 g/mol. The molecule has 4 bridgehead atoms. The van der Waals surface area contributed by atoms with Crippen LogP contribution in [-0.2, 0) is 13.0 Å². The van der Waals surface area contributed by atoms with Crippen molar-refractivity contribution in [3.05, 3.63) is 23.5 Å². The fraction of sp³-hybridized carbons (Fsp3) is 0.778.